The van der Waals surface area contributed by atoms with Gasteiger partial charge in [-0.15, -0.1) is 11.3 Å². The van der Waals surface area contributed by atoms with Gasteiger partial charge in [0.1, 0.15) is 9.96 Å². The number of amides is 1. The molecule has 1 atom stereocenters. The van der Waals surface area contributed by atoms with Crippen LogP contribution in [0, 0.1) is 0 Å². The minimum absolute atomic E-state index is 0.123. The van der Waals surface area contributed by atoms with Gasteiger partial charge in [0.2, 0.25) is 0 Å². The third kappa shape index (κ3) is 4.68. The second-order valence-electron chi connectivity index (χ2n) is 6.59. The van der Waals surface area contributed by atoms with Gasteiger partial charge in [-0.3, -0.25) is 4.79 Å². The van der Waals surface area contributed by atoms with Crippen LogP contribution in [0.4, 0.5) is 0 Å². The smallest absolute Gasteiger partial charge is 0.255 e. The fourth-order valence-corrected chi connectivity index (χ4v) is 6.43. The predicted molar refractivity (Wildman–Crippen MR) is 111 cm³/mol. The average molecular weight is 443 g/mol. The number of nitrogens with zero attached hydrogens (tertiary/aromatic N) is 1. The molecule has 0 bridgehead atoms. The zero-order valence-corrected chi connectivity index (χ0v) is 17.9. The summed E-state index contributed by atoms with van der Waals surface area (Å²) in [6.45, 7) is 0.886. The predicted octanol–water partition coefficient (Wildman–Crippen LogP) is 3.77. The molecule has 1 aromatic carbocycles. The summed E-state index contributed by atoms with van der Waals surface area (Å²) in [5.74, 6) is 0.157. The van der Waals surface area contributed by atoms with Gasteiger partial charge in [-0.25, -0.2) is 8.42 Å². The van der Waals surface area contributed by atoms with E-state index >= 15 is 0 Å². The molecular formula is C19H23ClN2O4S2. The summed E-state index contributed by atoms with van der Waals surface area (Å²) >= 11 is 7.22. The van der Waals surface area contributed by atoms with Crippen molar-refractivity contribution in [1.29, 1.82) is 0 Å². The molecule has 0 spiro atoms. The first-order chi connectivity index (χ1) is 13.4. The van der Waals surface area contributed by atoms with Crippen LogP contribution >= 0.6 is 22.9 Å². The van der Waals surface area contributed by atoms with Crippen molar-refractivity contribution in [2.45, 2.75) is 35.9 Å². The van der Waals surface area contributed by atoms with Gasteiger partial charge in [-0.1, -0.05) is 24.1 Å². The Morgan fingerprint density at radius 3 is 2.89 bits per heavy atom. The molecule has 152 valence electrons. The van der Waals surface area contributed by atoms with Gasteiger partial charge in [-0.05, 0) is 48.9 Å². The Balaban J connectivity index is 1.64. The summed E-state index contributed by atoms with van der Waals surface area (Å²) < 4.78 is 33.0. The van der Waals surface area contributed by atoms with E-state index in [1.54, 1.807) is 40.0 Å². The van der Waals surface area contributed by atoms with E-state index in [1.807, 2.05) is 0 Å². The Morgan fingerprint density at radius 1 is 1.36 bits per heavy atom. The van der Waals surface area contributed by atoms with Gasteiger partial charge in [0.05, 0.1) is 12.7 Å². The summed E-state index contributed by atoms with van der Waals surface area (Å²) in [6.07, 6.45) is 3.19. The minimum Gasteiger partial charge on any atom is -0.496 e. The fourth-order valence-electron chi connectivity index (χ4n) is 3.41. The summed E-state index contributed by atoms with van der Waals surface area (Å²) in [4.78, 5) is 12.5. The van der Waals surface area contributed by atoms with Crippen molar-refractivity contribution in [3.05, 3.63) is 46.3 Å². The molecule has 3 rings (SSSR count). The lowest BCUT2D eigenvalue weighted by Crippen LogP contribution is -2.44. The van der Waals surface area contributed by atoms with E-state index in [9.17, 15) is 13.2 Å². The summed E-state index contributed by atoms with van der Waals surface area (Å²) in [7, 11) is -1.99. The Bertz CT molecular complexity index is 916. The number of halogens is 1. The average Bonchev–Trinajstić information content (AvgIpc) is 3.24. The van der Waals surface area contributed by atoms with Crippen LogP contribution in [-0.2, 0) is 10.0 Å². The van der Waals surface area contributed by atoms with E-state index < -0.39 is 10.0 Å². The Kier molecular flexibility index (Phi) is 6.98. The molecule has 6 nitrogen and oxygen atoms in total. The van der Waals surface area contributed by atoms with Crippen LogP contribution in [-0.4, -0.2) is 44.9 Å². The van der Waals surface area contributed by atoms with Crippen molar-refractivity contribution in [3.63, 3.8) is 0 Å². The molecule has 9 heteroatoms. The largest absolute Gasteiger partial charge is 0.496 e. The summed E-state index contributed by atoms with van der Waals surface area (Å²) in [6, 6.07) is 8.13. The molecule has 1 unspecified atom stereocenters. The summed E-state index contributed by atoms with van der Waals surface area (Å²) in [5.41, 5.74) is 0.363. The zero-order valence-electron chi connectivity index (χ0n) is 15.6. The second kappa shape index (κ2) is 9.26. The van der Waals surface area contributed by atoms with Crippen molar-refractivity contribution in [2.24, 2.45) is 0 Å². The maximum absolute atomic E-state index is 12.9. The maximum atomic E-state index is 12.9. The Labute approximate surface area is 174 Å². The molecule has 1 aromatic heterocycles. The van der Waals surface area contributed by atoms with Crippen molar-refractivity contribution in [1.82, 2.24) is 9.62 Å². The molecule has 1 saturated heterocycles. The molecule has 1 aliphatic rings. The number of hydrogen-bond donors (Lipinski definition) is 1. The first kappa shape index (κ1) is 21.1. The molecule has 1 fully saturated rings. The standard InChI is InChI=1S/C19H23ClN2O4S2/c1-26-17-8-7-14(20)13-16(17)19(23)21-10-9-15-5-2-3-11-22(15)28(24,25)18-6-4-12-27-18/h4,6-8,12-13,15H,2-3,5,9-11H2,1H3,(H,21,23). The second-order valence-corrected chi connectivity index (χ2v) is 10.1. The SMILES string of the molecule is COc1ccc(Cl)cc1C(=O)NCCC1CCCCN1S(=O)(=O)c1cccs1. The number of carbonyl (C=O) groups excluding carboxylic acids is 1. The molecule has 1 aliphatic heterocycles. The lowest BCUT2D eigenvalue weighted by Gasteiger charge is -2.34. The normalized spacial score (nSPS) is 18.0. The lowest BCUT2D eigenvalue weighted by molar-refractivity contribution is 0.0946. The molecule has 28 heavy (non-hydrogen) atoms. The van der Waals surface area contributed by atoms with Crippen LogP contribution in [0.25, 0.3) is 0 Å². The number of nitrogens with one attached hydrogen (secondary N) is 1. The highest BCUT2D eigenvalue weighted by Crippen LogP contribution is 2.29. The topological polar surface area (TPSA) is 75.7 Å². The van der Waals surface area contributed by atoms with E-state index in [2.05, 4.69) is 5.32 Å². The van der Waals surface area contributed by atoms with E-state index in [0.29, 0.717) is 40.1 Å². The fraction of sp³-hybridized carbons (Fsp3) is 0.421. The highest BCUT2D eigenvalue weighted by Gasteiger charge is 2.33. The van der Waals surface area contributed by atoms with Gasteiger partial charge in [0.25, 0.3) is 15.9 Å². The molecule has 0 radical (unpaired) electrons. The van der Waals surface area contributed by atoms with Crippen LogP contribution in [0.15, 0.2) is 39.9 Å². The number of rotatable bonds is 7. The number of sulfonamides is 1. The lowest BCUT2D eigenvalue weighted by atomic mass is 10.0. The van der Waals surface area contributed by atoms with Gasteiger partial charge >= 0.3 is 0 Å². The molecule has 2 heterocycles. The monoisotopic (exact) mass is 442 g/mol. The van der Waals surface area contributed by atoms with E-state index in [4.69, 9.17) is 16.3 Å². The quantitative estimate of drug-likeness (QED) is 0.708. The highest BCUT2D eigenvalue weighted by molar-refractivity contribution is 7.91. The van der Waals surface area contributed by atoms with Gasteiger partial charge in [0.15, 0.2) is 0 Å². The highest BCUT2D eigenvalue weighted by atomic mass is 35.5. The van der Waals surface area contributed by atoms with Crippen LogP contribution < -0.4 is 10.1 Å². The number of benzene rings is 1. The van der Waals surface area contributed by atoms with E-state index in [0.717, 1.165) is 19.3 Å². The number of methoxy groups -OCH3 is 1. The van der Waals surface area contributed by atoms with Crippen LogP contribution in [0.1, 0.15) is 36.0 Å². The number of piperidine rings is 1. The third-order valence-electron chi connectivity index (χ3n) is 4.80. The van der Waals surface area contributed by atoms with Gasteiger partial charge in [-0.2, -0.15) is 4.31 Å². The Morgan fingerprint density at radius 2 is 2.18 bits per heavy atom. The van der Waals surface area contributed by atoms with Crippen molar-refractivity contribution in [2.75, 3.05) is 20.2 Å². The number of ether oxygens (including phenoxy) is 1. The first-order valence-corrected chi connectivity index (χ1v) is 11.8. The number of carbonyl (C=O) groups is 1. The first-order valence-electron chi connectivity index (χ1n) is 9.10. The number of thiophene rings is 1. The van der Waals surface area contributed by atoms with Crippen molar-refractivity contribution >= 4 is 38.9 Å². The minimum atomic E-state index is -3.49. The number of hydrogen-bond acceptors (Lipinski definition) is 5. The van der Waals surface area contributed by atoms with Crippen LogP contribution in [0.2, 0.25) is 5.02 Å². The Hall–Kier alpha value is -1.61. The van der Waals surface area contributed by atoms with Crippen molar-refractivity contribution in [3.8, 4) is 5.75 Å². The zero-order chi connectivity index (χ0) is 20.1. The maximum Gasteiger partial charge on any atom is 0.255 e. The molecule has 1 N–H and O–H groups in total. The molecule has 2 aromatic rings. The van der Waals surface area contributed by atoms with E-state index in [1.165, 1.54) is 18.4 Å². The van der Waals surface area contributed by atoms with Crippen LogP contribution in [0.3, 0.4) is 0 Å². The van der Waals surface area contributed by atoms with Gasteiger partial charge < -0.3 is 10.1 Å². The van der Waals surface area contributed by atoms with E-state index in [-0.39, 0.29) is 11.9 Å². The molecule has 1 amide bonds. The molecule has 0 aliphatic carbocycles. The molecular weight excluding hydrogens is 420 g/mol. The van der Waals surface area contributed by atoms with Gasteiger partial charge in [0, 0.05) is 24.2 Å². The van der Waals surface area contributed by atoms with Crippen LogP contribution in [0.5, 0.6) is 5.75 Å². The third-order valence-corrected chi connectivity index (χ3v) is 8.36. The summed E-state index contributed by atoms with van der Waals surface area (Å²) in [5, 5.41) is 5.08. The molecule has 0 saturated carbocycles. The van der Waals surface area contributed by atoms with Crippen molar-refractivity contribution < 1.29 is 17.9 Å².